The number of amides is 1. The van der Waals surface area contributed by atoms with Crippen LogP contribution in [-0.2, 0) is 19.6 Å². The molecule has 0 heterocycles. The molecule has 0 aliphatic rings. The van der Waals surface area contributed by atoms with Crippen molar-refractivity contribution in [1.29, 1.82) is 0 Å². The largest absolute Gasteiger partial charge is 0.481 e. The molecule has 7 nitrogen and oxygen atoms in total. The van der Waals surface area contributed by atoms with E-state index in [0.29, 0.717) is 5.56 Å². The van der Waals surface area contributed by atoms with Gasteiger partial charge in [-0.05, 0) is 31.7 Å². The van der Waals surface area contributed by atoms with Crippen molar-refractivity contribution in [3.05, 3.63) is 23.8 Å². The summed E-state index contributed by atoms with van der Waals surface area (Å²) in [6.45, 7) is 1.67. The second-order valence-electron chi connectivity index (χ2n) is 3.80. The van der Waals surface area contributed by atoms with Gasteiger partial charge < -0.3 is 10.4 Å². The van der Waals surface area contributed by atoms with E-state index < -0.39 is 28.3 Å². The molecule has 0 saturated heterocycles. The molecule has 0 unspecified atom stereocenters. The van der Waals surface area contributed by atoms with Gasteiger partial charge in [0.2, 0.25) is 15.9 Å². The minimum atomic E-state index is -3.61. The maximum atomic E-state index is 11.6. The number of carboxylic acids is 1. The molecule has 0 spiro atoms. The number of carboxylic acid groups (broad SMARTS) is 1. The summed E-state index contributed by atoms with van der Waals surface area (Å²) in [5, 5.41) is 10.9. The lowest BCUT2D eigenvalue weighted by Gasteiger charge is -2.10. The molecule has 1 amide bonds. The molecule has 0 fully saturated rings. The smallest absolute Gasteiger partial charge is 0.312 e. The van der Waals surface area contributed by atoms with E-state index in [1.807, 2.05) is 0 Å². The Morgan fingerprint density at radius 2 is 1.95 bits per heavy atom. The number of hydrogen-bond donors (Lipinski definition) is 3. The van der Waals surface area contributed by atoms with E-state index in [1.54, 1.807) is 6.92 Å². The molecule has 1 aromatic rings. The number of carbonyl (C=O) groups excluding carboxylic acids is 1. The molecule has 1 aromatic carbocycles. The third-order valence-corrected chi connectivity index (χ3v) is 3.79. The van der Waals surface area contributed by atoms with E-state index in [-0.39, 0.29) is 10.6 Å². The Morgan fingerprint density at radius 1 is 1.32 bits per heavy atom. The van der Waals surface area contributed by atoms with Gasteiger partial charge in [0.05, 0.1) is 4.90 Å². The SMILES string of the molecule is CNS(=O)(=O)c1ccc(C)c(NC(=O)CC(=O)O)c1. The first-order valence-electron chi connectivity index (χ1n) is 5.32. The predicted molar refractivity (Wildman–Crippen MR) is 68.3 cm³/mol. The minimum absolute atomic E-state index is 0.00812. The first kappa shape index (κ1) is 15.1. The van der Waals surface area contributed by atoms with Gasteiger partial charge in [0.1, 0.15) is 6.42 Å². The fraction of sp³-hybridized carbons (Fsp3) is 0.273. The van der Waals surface area contributed by atoms with Crippen LogP contribution in [0.25, 0.3) is 0 Å². The number of benzene rings is 1. The fourth-order valence-electron chi connectivity index (χ4n) is 1.35. The standard InChI is InChI=1S/C11H14N2O5S/c1-7-3-4-8(19(17,18)12-2)5-9(7)13-10(14)6-11(15)16/h3-5,12H,6H2,1-2H3,(H,13,14)(H,15,16). The van der Waals surface area contributed by atoms with Crippen LogP contribution in [0.3, 0.4) is 0 Å². The molecule has 0 aliphatic heterocycles. The van der Waals surface area contributed by atoms with Crippen molar-refractivity contribution in [3.63, 3.8) is 0 Å². The highest BCUT2D eigenvalue weighted by Gasteiger charge is 2.15. The van der Waals surface area contributed by atoms with Crippen LogP contribution in [-0.4, -0.2) is 32.4 Å². The summed E-state index contributed by atoms with van der Waals surface area (Å²) in [7, 11) is -2.34. The summed E-state index contributed by atoms with van der Waals surface area (Å²) in [5.41, 5.74) is 0.899. The van der Waals surface area contributed by atoms with Crippen LogP contribution in [0.1, 0.15) is 12.0 Å². The number of rotatable bonds is 5. The summed E-state index contributed by atoms with van der Waals surface area (Å²) in [6.07, 6.45) is -0.678. The fourth-order valence-corrected chi connectivity index (χ4v) is 2.11. The van der Waals surface area contributed by atoms with Crippen molar-refractivity contribution in [1.82, 2.24) is 4.72 Å². The molecule has 19 heavy (non-hydrogen) atoms. The van der Waals surface area contributed by atoms with E-state index >= 15 is 0 Å². The topological polar surface area (TPSA) is 113 Å². The van der Waals surface area contributed by atoms with Crippen molar-refractivity contribution in [3.8, 4) is 0 Å². The summed E-state index contributed by atoms with van der Waals surface area (Å²) < 4.78 is 25.4. The van der Waals surface area contributed by atoms with Gasteiger partial charge in [-0.2, -0.15) is 0 Å². The highest BCUT2D eigenvalue weighted by molar-refractivity contribution is 7.89. The van der Waals surface area contributed by atoms with Crippen LogP contribution >= 0.6 is 0 Å². The Hall–Kier alpha value is -1.93. The van der Waals surface area contributed by atoms with Crippen molar-refractivity contribution < 1.29 is 23.1 Å². The van der Waals surface area contributed by atoms with E-state index in [0.717, 1.165) is 0 Å². The van der Waals surface area contributed by atoms with E-state index in [4.69, 9.17) is 5.11 Å². The highest BCUT2D eigenvalue weighted by atomic mass is 32.2. The predicted octanol–water partition coefficient (Wildman–Crippen LogP) is 0.316. The van der Waals surface area contributed by atoms with Crippen molar-refractivity contribution in [2.24, 2.45) is 0 Å². The van der Waals surface area contributed by atoms with E-state index in [2.05, 4.69) is 10.0 Å². The van der Waals surface area contributed by atoms with Crippen LogP contribution in [0.2, 0.25) is 0 Å². The molecule has 0 atom stereocenters. The van der Waals surface area contributed by atoms with Gasteiger partial charge >= 0.3 is 5.97 Å². The average Bonchev–Trinajstić information content (AvgIpc) is 2.30. The Bertz CT molecular complexity index is 610. The normalized spacial score (nSPS) is 11.1. The molecule has 1 rings (SSSR count). The van der Waals surface area contributed by atoms with Crippen LogP contribution in [0.4, 0.5) is 5.69 Å². The summed E-state index contributed by atoms with van der Waals surface area (Å²) >= 11 is 0. The maximum Gasteiger partial charge on any atom is 0.312 e. The Balaban J connectivity index is 3.05. The zero-order valence-electron chi connectivity index (χ0n) is 10.4. The van der Waals surface area contributed by atoms with Crippen LogP contribution in [0.5, 0.6) is 0 Å². The zero-order chi connectivity index (χ0) is 14.6. The lowest BCUT2D eigenvalue weighted by atomic mass is 10.2. The Kier molecular flexibility index (Phi) is 4.62. The number of hydrogen-bond acceptors (Lipinski definition) is 4. The van der Waals surface area contributed by atoms with E-state index in [1.165, 1.54) is 25.2 Å². The molecule has 8 heteroatoms. The minimum Gasteiger partial charge on any atom is -0.481 e. The van der Waals surface area contributed by atoms with Gasteiger partial charge in [-0.25, -0.2) is 13.1 Å². The number of anilines is 1. The molecule has 104 valence electrons. The molecular formula is C11H14N2O5S. The quantitative estimate of drug-likeness (QED) is 0.675. The molecule has 0 saturated carbocycles. The molecule has 3 N–H and O–H groups in total. The molecule has 0 radical (unpaired) electrons. The molecule has 0 aliphatic carbocycles. The third-order valence-electron chi connectivity index (χ3n) is 2.37. The maximum absolute atomic E-state index is 11.6. The van der Waals surface area contributed by atoms with Crippen LogP contribution in [0, 0.1) is 6.92 Å². The Labute approximate surface area is 110 Å². The van der Waals surface area contributed by atoms with Gasteiger partial charge in [-0.3, -0.25) is 9.59 Å². The molecule has 0 bridgehead atoms. The number of sulfonamides is 1. The first-order valence-corrected chi connectivity index (χ1v) is 6.80. The second-order valence-corrected chi connectivity index (χ2v) is 5.69. The molecule has 0 aromatic heterocycles. The first-order chi connectivity index (χ1) is 8.76. The number of aliphatic carboxylic acids is 1. The van der Waals surface area contributed by atoms with Gasteiger partial charge in [0.15, 0.2) is 0 Å². The average molecular weight is 286 g/mol. The molecular weight excluding hydrogens is 272 g/mol. The van der Waals surface area contributed by atoms with Crippen LogP contribution < -0.4 is 10.0 Å². The number of carbonyl (C=O) groups is 2. The second kappa shape index (κ2) is 5.81. The monoisotopic (exact) mass is 286 g/mol. The number of nitrogens with one attached hydrogen (secondary N) is 2. The zero-order valence-corrected chi connectivity index (χ0v) is 11.2. The van der Waals surface area contributed by atoms with Crippen LogP contribution in [0.15, 0.2) is 23.1 Å². The lowest BCUT2D eigenvalue weighted by Crippen LogP contribution is -2.20. The summed E-state index contributed by atoms with van der Waals surface area (Å²) in [4.78, 5) is 21.7. The highest BCUT2D eigenvalue weighted by Crippen LogP contribution is 2.20. The van der Waals surface area contributed by atoms with Gasteiger partial charge in [-0.1, -0.05) is 6.07 Å². The lowest BCUT2D eigenvalue weighted by molar-refractivity contribution is -0.139. The summed E-state index contributed by atoms with van der Waals surface area (Å²) in [6, 6.07) is 4.20. The van der Waals surface area contributed by atoms with Gasteiger partial charge in [-0.15, -0.1) is 0 Å². The van der Waals surface area contributed by atoms with E-state index in [9.17, 15) is 18.0 Å². The van der Waals surface area contributed by atoms with Gasteiger partial charge in [0, 0.05) is 5.69 Å². The van der Waals surface area contributed by atoms with Gasteiger partial charge in [0.25, 0.3) is 0 Å². The summed E-state index contributed by atoms with van der Waals surface area (Å²) in [5.74, 6) is -1.97. The van der Waals surface area contributed by atoms with Crippen molar-refractivity contribution >= 4 is 27.6 Å². The van der Waals surface area contributed by atoms with Crippen molar-refractivity contribution in [2.75, 3.05) is 12.4 Å². The van der Waals surface area contributed by atoms with Crippen molar-refractivity contribution in [2.45, 2.75) is 18.2 Å². The Morgan fingerprint density at radius 3 is 2.47 bits per heavy atom. The number of aryl methyl sites for hydroxylation is 1. The third kappa shape index (κ3) is 4.04.